The van der Waals surface area contributed by atoms with Crippen LogP contribution in [-0.4, -0.2) is 38.0 Å². The third-order valence-corrected chi connectivity index (χ3v) is 5.32. The first kappa shape index (κ1) is 16.8. The van der Waals surface area contributed by atoms with Crippen molar-refractivity contribution in [2.24, 2.45) is 0 Å². The largest absolute Gasteiger partial charge is 0.356 e. The maximum Gasteiger partial charge on any atom is 0.188 e. The second-order valence-electron chi connectivity index (χ2n) is 6.50. The van der Waals surface area contributed by atoms with Gasteiger partial charge in [-0.15, -0.1) is 11.3 Å². The summed E-state index contributed by atoms with van der Waals surface area (Å²) in [6.07, 6.45) is 5.63. The number of rotatable bonds is 4. The molecular formula is C18H21N7S. The van der Waals surface area contributed by atoms with E-state index in [2.05, 4.69) is 36.2 Å². The summed E-state index contributed by atoms with van der Waals surface area (Å²) in [7, 11) is 0. The Bertz CT molecular complexity index is 880. The lowest BCUT2D eigenvalue weighted by atomic mass is 9.94. The molecule has 26 heavy (non-hydrogen) atoms. The number of hydrogen-bond donors (Lipinski definition) is 1. The summed E-state index contributed by atoms with van der Waals surface area (Å²) in [6.45, 7) is 5.85. The quantitative estimate of drug-likeness (QED) is 0.756. The Labute approximate surface area is 156 Å². The van der Waals surface area contributed by atoms with Crippen LogP contribution in [0.2, 0.25) is 0 Å². The van der Waals surface area contributed by atoms with E-state index in [-0.39, 0.29) is 0 Å². The van der Waals surface area contributed by atoms with Gasteiger partial charge < -0.3 is 10.2 Å². The van der Waals surface area contributed by atoms with E-state index in [4.69, 9.17) is 4.98 Å². The maximum absolute atomic E-state index is 4.70. The van der Waals surface area contributed by atoms with Crippen molar-refractivity contribution in [3.8, 4) is 0 Å². The number of nitrogens with one attached hydrogen (secondary N) is 1. The lowest BCUT2D eigenvalue weighted by molar-refractivity contribution is 0.497. The number of anilines is 3. The van der Waals surface area contributed by atoms with Crippen molar-refractivity contribution < 1.29 is 0 Å². The molecule has 1 N–H and O–H groups in total. The highest BCUT2D eigenvalue weighted by atomic mass is 32.1. The molecule has 1 aliphatic heterocycles. The van der Waals surface area contributed by atoms with Crippen LogP contribution in [0.3, 0.4) is 0 Å². The molecule has 1 aliphatic rings. The van der Waals surface area contributed by atoms with Gasteiger partial charge in [0.05, 0.1) is 11.4 Å². The van der Waals surface area contributed by atoms with Gasteiger partial charge >= 0.3 is 0 Å². The Hall–Kier alpha value is -2.61. The smallest absolute Gasteiger partial charge is 0.188 e. The van der Waals surface area contributed by atoms with Gasteiger partial charge in [-0.2, -0.15) is 0 Å². The zero-order valence-electron chi connectivity index (χ0n) is 14.9. The third-order valence-electron chi connectivity index (χ3n) is 4.44. The molecule has 0 bridgehead atoms. The summed E-state index contributed by atoms with van der Waals surface area (Å²) in [5, 5.41) is 6.19. The van der Waals surface area contributed by atoms with Crippen molar-refractivity contribution in [2.45, 2.75) is 32.6 Å². The average Bonchev–Trinajstić information content (AvgIpc) is 3.07. The molecule has 134 valence electrons. The van der Waals surface area contributed by atoms with Crippen LogP contribution in [0, 0.1) is 13.8 Å². The zero-order chi connectivity index (χ0) is 17.9. The Kier molecular flexibility index (Phi) is 4.75. The summed E-state index contributed by atoms with van der Waals surface area (Å²) in [5.41, 5.74) is 2.09. The van der Waals surface area contributed by atoms with Crippen LogP contribution in [0.15, 0.2) is 30.0 Å². The fourth-order valence-corrected chi connectivity index (χ4v) is 3.98. The van der Waals surface area contributed by atoms with E-state index >= 15 is 0 Å². The lowest BCUT2D eigenvalue weighted by Gasteiger charge is -2.33. The van der Waals surface area contributed by atoms with Gasteiger partial charge in [-0.05, 0) is 32.8 Å². The Balaban J connectivity index is 1.54. The molecule has 1 atom stereocenters. The van der Waals surface area contributed by atoms with Crippen molar-refractivity contribution in [3.05, 3.63) is 47.2 Å². The van der Waals surface area contributed by atoms with E-state index < -0.39 is 0 Å². The Morgan fingerprint density at radius 3 is 2.92 bits per heavy atom. The van der Waals surface area contributed by atoms with Gasteiger partial charge in [0.25, 0.3) is 0 Å². The Morgan fingerprint density at radius 2 is 2.15 bits per heavy atom. The third kappa shape index (κ3) is 3.80. The van der Waals surface area contributed by atoms with Crippen molar-refractivity contribution in [1.82, 2.24) is 24.9 Å². The SMILES string of the molecule is Cc1csc(Nc2cc([C@H]3CCCN(c4ccncn4)C3)nc(C)n2)n1. The van der Waals surface area contributed by atoms with Crippen molar-refractivity contribution in [1.29, 1.82) is 0 Å². The molecule has 1 fully saturated rings. The number of piperidine rings is 1. The van der Waals surface area contributed by atoms with Crippen LogP contribution < -0.4 is 10.2 Å². The predicted octanol–water partition coefficient (Wildman–Crippen LogP) is 3.47. The first-order valence-corrected chi connectivity index (χ1v) is 9.61. The minimum Gasteiger partial charge on any atom is -0.356 e. The number of aryl methyl sites for hydroxylation is 2. The number of nitrogens with zero attached hydrogens (tertiary/aromatic N) is 6. The number of hydrogen-bond acceptors (Lipinski definition) is 8. The van der Waals surface area contributed by atoms with Gasteiger partial charge in [0.15, 0.2) is 5.13 Å². The molecule has 0 aromatic carbocycles. The monoisotopic (exact) mass is 367 g/mol. The molecule has 4 heterocycles. The van der Waals surface area contributed by atoms with Crippen LogP contribution in [0.4, 0.5) is 16.8 Å². The normalized spacial score (nSPS) is 17.3. The highest BCUT2D eigenvalue weighted by molar-refractivity contribution is 7.13. The molecule has 0 unspecified atom stereocenters. The average molecular weight is 367 g/mol. The number of thiazole rings is 1. The lowest BCUT2D eigenvalue weighted by Crippen LogP contribution is -2.35. The molecular weight excluding hydrogens is 346 g/mol. The minimum absolute atomic E-state index is 0.360. The first-order chi connectivity index (χ1) is 12.7. The second kappa shape index (κ2) is 7.33. The van der Waals surface area contributed by atoms with Crippen LogP contribution in [-0.2, 0) is 0 Å². The highest BCUT2D eigenvalue weighted by Gasteiger charge is 2.24. The van der Waals surface area contributed by atoms with Gasteiger partial charge in [0.2, 0.25) is 0 Å². The molecule has 3 aromatic rings. The van der Waals surface area contributed by atoms with Crippen LogP contribution >= 0.6 is 11.3 Å². The molecule has 7 nitrogen and oxygen atoms in total. The highest BCUT2D eigenvalue weighted by Crippen LogP contribution is 2.29. The van der Waals surface area contributed by atoms with E-state index in [0.717, 1.165) is 59.9 Å². The molecule has 0 amide bonds. The fraction of sp³-hybridized carbons (Fsp3) is 0.389. The maximum atomic E-state index is 4.70. The standard InChI is InChI=1S/C18H21N7S/c1-12-10-26-18(21-12)24-16-8-15(22-13(2)23-16)14-4-3-7-25(9-14)17-5-6-19-11-20-17/h5-6,8,10-11,14H,3-4,7,9H2,1-2H3,(H,21,22,23,24)/t14-/m0/s1. The van der Waals surface area contributed by atoms with Crippen LogP contribution in [0.1, 0.15) is 36.0 Å². The first-order valence-electron chi connectivity index (χ1n) is 8.73. The van der Waals surface area contributed by atoms with Crippen LogP contribution in [0.5, 0.6) is 0 Å². The van der Waals surface area contributed by atoms with Crippen molar-refractivity contribution >= 4 is 28.1 Å². The molecule has 0 saturated carbocycles. The van der Waals surface area contributed by atoms with E-state index in [9.17, 15) is 0 Å². The van der Waals surface area contributed by atoms with Crippen LogP contribution in [0.25, 0.3) is 0 Å². The van der Waals surface area contributed by atoms with Crippen molar-refractivity contribution in [3.63, 3.8) is 0 Å². The predicted molar refractivity (Wildman–Crippen MR) is 103 cm³/mol. The van der Waals surface area contributed by atoms with Gasteiger partial charge in [0.1, 0.15) is 23.8 Å². The molecule has 0 radical (unpaired) electrons. The van der Waals surface area contributed by atoms with E-state index in [1.807, 2.05) is 25.3 Å². The summed E-state index contributed by atoms with van der Waals surface area (Å²) in [6, 6.07) is 4.02. The topological polar surface area (TPSA) is 79.7 Å². The second-order valence-corrected chi connectivity index (χ2v) is 7.36. The molecule has 1 saturated heterocycles. The summed E-state index contributed by atoms with van der Waals surface area (Å²) in [4.78, 5) is 24.4. The van der Waals surface area contributed by atoms with Gasteiger partial charge in [-0.25, -0.2) is 24.9 Å². The fourth-order valence-electron chi connectivity index (χ4n) is 3.28. The molecule has 8 heteroatoms. The van der Waals surface area contributed by atoms with Gasteiger partial charge in [-0.1, -0.05) is 0 Å². The summed E-state index contributed by atoms with van der Waals surface area (Å²) < 4.78 is 0. The number of aromatic nitrogens is 5. The van der Waals surface area contributed by atoms with E-state index in [1.54, 1.807) is 23.9 Å². The molecule has 0 aliphatic carbocycles. The van der Waals surface area contributed by atoms with Gasteiger partial charge in [-0.3, -0.25) is 0 Å². The summed E-state index contributed by atoms with van der Waals surface area (Å²) in [5.74, 6) is 2.92. The van der Waals surface area contributed by atoms with E-state index in [1.165, 1.54) is 0 Å². The van der Waals surface area contributed by atoms with Crippen molar-refractivity contribution in [2.75, 3.05) is 23.3 Å². The van der Waals surface area contributed by atoms with Gasteiger partial charge in [0, 0.05) is 36.7 Å². The molecule has 0 spiro atoms. The van der Waals surface area contributed by atoms with E-state index in [0.29, 0.717) is 5.92 Å². The summed E-state index contributed by atoms with van der Waals surface area (Å²) >= 11 is 1.58. The Morgan fingerprint density at radius 1 is 1.23 bits per heavy atom. The molecule has 4 rings (SSSR count). The minimum atomic E-state index is 0.360. The zero-order valence-corrected chi connectivity index (χ0v) is 15.7. The molecule has 3 aromatic heterocycles.